The van der Waals surface area contributed by atoms with Crippen LogP contribution in [0.1, 0.15) is 0 Å². The van der Waals surface area contributed by atoms with Gasteiger partial charge in [0.05, 0.1) is 0 Å². The van der Waals surface area contributed by atoms with Crippen molar-refractivity contribution in [2.75, 3.05) is 0 Å². The number of halogens is 1. The minimum atomic E-state index is -1.01. The third kappa shape index (κ3) is 0.847. The number of Topliss-reactive ketones (excluding diaryl/α,β-unsaturated/α-hetero) is 2. The lowest BCUT2D eigenvalue weighted by atomic mass is 10.1. The van der Waals surface area contributed by atoms with E-state index in [0.717, 1.165) is 0 Å². The maximum Gasteiger partial charge on any atom is 0.190 e. The van der Waals surface area contributed by atoms with Crippen molar-refractivity contribution in [3.63, 3.8) is 0 Å². The molecular formula is C7H5ClO3. The average Bonchev–Trinajstić information content (AvgIpc) is 2.44. The number of ether oxygens (including phenoxy) is 1. The molecule has 0 spiro atoms. The van der Waals surface area contributed by atoms with Gasteiger partial charge in [-0.25, -0.2) is 0 Å². The van der Waals surface area contributed by atoms with Crippen LogP contribution in [0.15, 0.2) is 12.2 Å². The van der Waals surface area contributed by atoms with Crippen LogP contribution in [0.4, 0.5) is 0 Å². The van der Waals surface area contributed by atoms with Crippen molar-refractivity contribution in [1.29, 1.82) is 0 Å². The average molecular weight is 173 g/mol. The maximum atomic E-state index is 11.1. The van der Waals surface area contributed by atoms with E-state index in [1.807, 2.05) is 0 Å². The molecule has 0 aromatic carbocycles. The van der Waals surface area contributed by atoms with Crippen molar-refractivity contribution in [3.8, 4) is 0 Å². The molecule has 1 fully saturated rings. The van der Waals surface area contributed by atoms with E-state index in [0.29, 0.717) is 0 Å². The number of ketones is 2. The number of carbonyl (C=O) groups excluding carboxylic acids is 2. The molecule has 0 saturated carbocycles. The maximum absolute atomic E-state index is 11.1. The number of carbonyl (C=O) groups is 2. The Labute approximate surface area is 68.0 Å². The fourth-order valence-corrected chi connectivity index (χ4v) is 1.45. The Morgan fingerprint density at radius 3 is 2.09 bits per heavy atom. The van der Waals surface area contributed by atoms with Gasteiger partial charge in [-0.3, -0.25) is 9.59 Å². The normalized spacial score (nSPS) is 41.7. The van der Waals surface area contributed by atoms with Crippen LogP contribution >= 0.6 is 11.6 Å². The third-order valence-corrected chi connectivity index (χ3v) is 2.24. The molecular weight excluding hydrogens is 168 g/mol. The molecule has 0 aliphatic carbocycles. The summed E-state index contributed by atoms with van der Waals surface area (Å²) >= 11 is 5.53. The molecule has 0 aromatic heterocycles. The number of hydrogen-bond donors (Lipinski definition) is 0. The molecule has 2 atom stereocenters. The summed E-state index contributed by atoms with van der Waals surface area (Å²) in [6.45, 7) is 0. The van der Waals surface area contributed by atoms with Gasteiger partial charge in [0.2, 0.25) is 0 Å². The molecule has 11 heavy (non-hydrogen) atoms. The van der Waals surface area contributed by atoms with Gasteiger partial charge in [-0.1, -0.05) is 0 Å². The summed E-state index contributed by atoms with van der Waals surface area (Å²) in [5, 5.41) is -1.01. The lowest BCUT2D eigenvalue weighted by Crippen LogP contribution is -2.45. The van der Waals surface area contributed by atoms with E-state index in [1.54, 1.807) is 12.2 Å². The fourth-order valence-electron chi connectivity index (χ4n) is 1.20. The van der Waals surface area contributed by atoms with Crippen molar-refractivity contribution in [2.24, 2.45) is 0 Å². The van der Waals surface area contributed by atoms with Gasteiger partial charge < -0.3 is 4.74 Å². The van der Waals surface area contributed by atoms with Crippen molar-refractivity contribution in [3.05, 3.63) is 12.2 Å². The van der Waals surface area contributed by atoms with Gasteiger partial charge in [0, 0.05) is 0 Å². The Morgan fingerprint density at radius 1 is 1.18 bits per heavy atom. The molecule has 58 valence electrons. The van der Waals surface area contributed by atoms with Crippen LogP contribution in [-0.2, 0) is 14.3 Å². The molecule has 2 bridgehead atoms. The Kier molecular flexibility index (Phi) is 1.37. The first-order chi connectivity index (χ1) is 5.20. The Morgan fingerprint density at radius 2 is 1.64 bits per heavy atom. The van der Waals surface area contributed by atoms with Gasteiger partial charge in [-0.05, 0) is 12.2 Å². The SMILES string of the molecule is O=C1C2C=CC(O2)C(=O)C1Cl. The highest BCUT2D eigenvalue weighted by atomic mass is 35.5. The predicted octanol–water partition coefficient (Wildman–Crippen LogP) is 0.0692. The van der Waals surface area contributed by atoms with Crippen LogP contribution in [0.2, 0.25) is 0 Å². The zero-order valence-corrected chi connectivity index (χ0v) is 6.25. The second kappa shape index (κ2) is 2.16. The molecule has 2 unspecified atom stereocenters. The monoisotopic (exact) mass is 172 g/mol. The number of hydrogen-bond acceptors (Lipinski definition) is 3. The van der Waals surface area contributed by atoms with E-state index in [9.17, 15) is 9.59 Å². The molecule has 2 aliphatic heterocycles. The van der Waals surface area contributed by atoms with Crippen LogP contribution in [0.3, 0.4) is 0 Å². The van der Waals surface area contributed by atoms with Crippen LogP contribution < -0.4 is 0 Å². The Balaban J connectivity index is 2.36. The highest BCUT2D eigenvalue weighted by molar-refractivity contribution is 6.44. The summed E-state index contributed by atoms with van der Waals surface area (Å²) in [5.74, 6) is -0.691. The van der Waals surface area contributed by atoms with E-state index >= 15 is 0 Å². The highest BCUT2D eigenvalue weighted by Crippen LogP contribution is 2.24. The second-order valence-electron chi connectivity index (χ2n) is 2.53. The molecule has 1 saturated heterocycles. The largest absolute Gasteiger partial charge is 0.351 e. The molecule has 0 N–H and O–H groups in total. The van der Waals surface area contributed by atoms with Gasteiger partial charge in [0.25, 0.3) is 0 Å². The Hall–Kier alpha value is -0.670. The molecule has 0 amide bonds. The van der Waals surface area contributed by atoms with Crippen LogP contribution in [0, 0.1) is 0 Å². The lowest BCUT2D eigenvalue weighted by Gasteiger charge is -2.21. The minimum absolute atomic E-state index is 0.346. The molecule has 4 heteroatoms. The molecule has 0 aromatic rings. The first kappa shape index (κ1) is 7.00. The van der Waals surface area contributed by atoms with Crippen molar-refractivity contribution in [1.82, 2.24) is 0 Å². The number of rotatable bonds is 0. The van der Waals surface area contributed by atoms with Gasteiger partial charge in [0.1, 0.15) is 12.2 Å². The highest BCUT2D eigenvalue weighted by Gasteiger charge is 2.44. The van der Waals surface area contributed by atoms with Crippen LogP contribution in [-0.4, -0.2) is 29.2 Å². The molecule has 2 aliphatic rings. The van der Waals surface area contributed by atoms with Crippen LogP contribution in [0.25, 0.3) is 0 Å². The van der Waals surface area contributed by atoms with Crippen molar-refractivity contribution in [2.45, 2.75) is 17.6 Å². The quantitative estimate of drug-likeness (QED) is 0.295. The van der Waals surface area contributed by atoms with E-state index in [4.69, 9.17) is 16.3 Å². The Bertz CT molecular complexity index is 234. The molecule has 3 nitrogen and oxygen atoms in total. The molecule has 0 radical (unpaired) electrons. The first-order valence-corrected chi connectivity index (χ1v) is 3.69. The zero-order chi connectivity index (χ0) is 8.01. The summed E-state index contributed by atoms with van der Waals surface area (Å²) in [6, 6.07) is 0. The predicted molar refractivity (Wildman–Crippen MR) is 37.5 cm³/mol. The summed E-state index contributed by atoms with van der Waals surface area (Å²) in [4.78, 5) is 22.1. The first-order valence-electron chi connectivity index (χ1n) is 3.25. The van der Waals surface area contributed by atoms with Gasteiger partial charge in [0.15, 0.2) is 16.9 Å². The van der Waals surface area contributed by atoms with Crippen molar-refractivity contribution < 1.29 is 14.3 Å². The summed E-state index contributed by atoms with van der Waals surface area (Å²) in [7, 11) is 0. The molecule has 2 rings (SSSR count). The molecule has 2 heterocycles. The minimum Gasteiger partial charge on any atom is -0.351 e. The van der Waals surface area contributed by atoms with Crippen molar-refractivity contribution >= 4 is 23.2 Å². The summed E-state index contributed by atoms with van der Waals surface area (Å²) in [5.41, 5.74) is 0. The van der Waals surface area contributed by atoms with E-state index in [-0.39, 0.29) is 11.6 Å². The standard InChI is InChI=1S/C7H5ClO3/c8-5-6(9)3-1-2-4(11-3)7(5)10/h1-5H. The van der Waals surface area contributed by atoms with Gasteiger partial charge in [-0.2, -0.15) is 0 Å². The smallest absolute Gasteiger partial charge is 0.190 e. The summed E-state index contributed by atoms with van der Waals surface area (Å²) < 4.78 is 5.00. The number of fused-ring (bicyclic) bond motifs is 2. The van der Waals surface area contributed by atoms with Crippen LogP contribution in [0.5, 0.6) is 0 Å². The summed E-state index contributed by atoms with van der Waals surface area (Å²) in [6.07, 6.45) is 1.99. The fraction of sp³-hybridized carbons (Fsp3) is 0.429. The van der Waals surface area contributed by atoms with E-state index < -0.39 is 17.6 Å². The van der Waals surface area contributed by atoms with E-state index in [1.165, 1.54) is 0 Å². The third-order valence-electron chi connectivity index (χ3n) is 1.81. The van der Waals surface area contributed by atoms with E-state index in [2.05, 4.69) is 0 Å². The second-order valence-corrected chi connectivity index (χ2v) is 2.97. The lowest BCUT2D eigenvalue weighted by molar-refractivity contribution is -0.145. The van der Waals surface area contributed by atoms with Gasteiger partial charge >= 0.3 is 0 Å². The zero-order valence-electron chi connectivity index (χ0n) is 5.49. The number of alkyl halides is 1. The van der Waals surface area contributed by atoms with Gasteiger partial charge in [-0.15, -0.1) is 11.6 Å². The topological polar surface area (TPSA) is 43.4 Å².